The number of alkyl halides is 3. The molecule has 100 valence electrons. The molecular formula is C14H12F3NO. The van der Waals surface area contributed by atoms with E-state index in [9.17, 15) is 18.0 Å². The first-order valence-corrected chi connectivity index (χ1v) is 5.77. The maximum absolute atomic E-state index is 12.4. The van der Waals surface area contributed by atoms with Gasteiger partial charge in [0.15, 0.2) is 0 Å². The van der Waals surface area contributed by atoms with Crippen molar-refractivity contribution in [3.63, 3.8) is 0 Å². The molecule has 2 nitrogen and oxygen atoms in total. The van der Waals surface area contributed by atoms with E-state index < -0.39 is 11.7 Å². The first-order valence-electron chi connectivity index (χ1n) is 5.77. The number of hydrogen-bond donors (Lipinski definition) is 1. The maximum Gasteiger partial charge on any atom is 0.416 e. The monoisotopic (exact) mass is 267 g/mol. The fourth-order valence-electron chi connectivity index (χ4n) is 1.75. The molecule has 5 heteroatoms. The van der Waals surface area contributed by atoms with Crippen LogP contribution < -0.4 is 5.32 Å². The van der Waals surface area contributed by atoms with Gasteiger partial charge in [-0.1, -0.05) is 30.4 Å². The summed E-state index contributed by atoms with van der Waals surface area (Å²) in [5.41, 5.74) is -0.00430. The minimum atomic E-state index is -4.32. The average molecular weight is 267 g/mol. The van der Waals surface area contributed by atoms with E-state index in [0.29, 0.717) is 12.0 Å². The van der Waals surface area contributed by atoms with Gasteiger partial charge in [0.05, 0.1) is 11.6 Å². The SMILES string of the molecule is O=C1C=CCC(/C=C/c2ccc(C(F)(F)F)cc2)N1. The standard InChI is InChI=1S/C14H12F3NO/c15-14(16,17)11-7-4-10(5-8-11)6-9-12-2-1-3-13(19)18-12/h1,3-9,12H,2H2,(H,18,19)/b9-6+. The topological polar surface area (TPSA) is 29.1 Å². The lowest BCUT2D eigenvalue weighted by Gasteiger charge is -2.15. The number of amides is 1. The predicted octanol–water partition coefficient (Wildman–Crippen LogP) is 3.16. The molecule has 2 rings (SSSR count). The zero-order valence-electron chi connectivity index (χ0n) is 9.95. The summed E-state index contributed by atoms with van der Waals surface area (Å²) in [7, 11) is 0. The van der Waals surface area contributed by atoms with Crippen molar-refractivity contribution in [1.29, 1.82) is 0 Å². The lowest BCUT2D eigenvalue weighted by atomic mass is 10.1. The lowest BCUT2D eigenvalue weighted by molar-refractivity contribution is -0.137. The fraction of sp³-hybridized carbons (Fsp3) is 0.214. The third-order valence-electron chi connectivity index (χ3n) is 2.75. The molecule has 0 radical (unpaired) electrons. The summed E-state index contributed by atoms with van der Waals surface area (Å²) in [5.74, 6) is -0.159. The van der Waals surface area contributed by atoms with E-state index >= 15 is 0 Å². The van der Waals surface area contributed by atoms with Crippen LogP contribution in [0.4, 0.5) is 13.2 Å². The maximum atomic E-state index is 12.4. The van der Waals surface area contributed by atoms with Crippen molar-refractivity contribution in [3.8, 4) is 0 Å². The van der Waals surface area contributed by atoms with Crippen molar-refractivity contribution < 1.29 is 18.0 Å². The Morgan fingerprint density at radius 2 is 1.89 bits per heavy atom. The van der Waals surface area contributed by atoms with Crippen LogP contribution in [-0.4, -0.2) is 11.9 Å². The van der Waals surface area contributed by atoms with Crippen molar-refractivity contribution in [3.05, 3.63) is 53.6 Å². The molecule has 1 unspecified atom stereocenters. The molecule has 1 aromatic rings. The summed E-state index contributed by atoms with van der Waals surface area (Å²) in [6.07, 6.45) is 3.06. The second-order valence-corrected chi connectivity index (χ2v) is 4.23. The average Bonchev–Trinajstić information content (AvgIpc) is 2.36. The Morgan fingerprint density at radius 1 is 1.21 bits per heavy atom. The van der Waals surface area contributed by atoms with Crippen LogP contribution in [-0.2, 0) is 11.0 Å². The lowest BCUT2D eigenvalue weighted by Crippen LogP contribution is -2.34. The molecule has 0 aliphatic carbocycles. The number of hydrogen-bond acceptors (Lipinski definition) is 1. The largest absolute Gasteiger partial charge is 0.416 e. The van der Waals surface area contributed by atoms with E-state index in [1.165, 1.54) is 18.2 Å². The molecule has 0 saturated heterocycles. The minimum Gasteiger partial charge on any atom is -0.346 e. The van der Waals surface area contributed by atoms with Crippen molar-refractivity contribution in [1.82, 2.24) is 5.32 Å². The Balaban J connectivity index is 2.03. The molecule has 0 fully saturated rings. The second kappa shape index (κ2) is 5.30. The van der Waals surface area contributed by atoms with Crippen LogP contribution in [0.3, 0.4) is 0 Å². The van der Waals surface area contributed by atoms with Gasteiger partial charge >= 0.3 is 6.18 Å². The van der Waals surface area contributed by atoms with Gasteiger partial charge in [0.25, 0.3) is 0 Å². The third kappa shape index (κ3) is 3.71. The number of carbonyl (C=O) groups is 1. The molecule has 19 heavy (non-hydrogen) atoms. The highest BCUT2D eigenvalue weighted by atomic mass is 19.4. The summed E-state index contributed by atoms with van der Waals surface area (Å²) in [4.78, 5) is 11.1. The van der Waals surface area contributed by atoms with Gasteiger partial charge in [-0.05, 0) is 30.2 Å². The number of nitrogens with one attached hydrogen (secondary N) is 1. The summed E-state index contributed by atoms with van der Waals surface area (Å²) in [6.45, 7) is 0. The summed E-state index contributed by atoms with van der Waals surface area (Å²) < 4.78 is 37.1. The third-order valence-corrected chi connectivity index (χ3v) is 2.75. The van der Waals surface area contributed by atoms with Crippen LogP contribution in [0.15, 0.2) is 42.5 Å². The Bertz CT molecular complexity index is 514. The summed E-state index contributed by atoms with van der Waals surface area (Å²) >= 11 is 0. The van der Waals surface area contributed by atoms with Gasteiger partial charge in [-0.3, -0.25) is 4.79 Å². The second-order valence-electron chi connectivity index (χ2n) is 4.23. The predicted molar refractivity (Wildman–Crippen MR) is 66.2 cm³/mol. The molecule has 0 bridgehead atoms. The molecule has 1 N–H and O–H groups in total. The van der Waals surface area contributed by atoms with E-state index in [1.807, 2.05) is 0 Å². The van der Waals surface area contributed by atoms with Crippen molar-refractivity contribution in [2.45, 2.75) is 18.6 Å². The van der Waals surface area contributed by atoms with Crippen LogP contribution in [0.5, 0.6) is 0 Å². The normalized spacial score (nSPS) is 19.7. The molecule has 1 aliphatic heterocycles. The van der Waals surface area contributed by atoms with Crippen LogP contribution in [0.2, 0.25) is 0 Å². The Morgan fingerprint density at radius 3 is 2.47 bits per heavy atom. The molecule has 1 amide bonds. The molecule has 1 aromatic carbocycles. The van der Waals surface area contributed by atoms with Gasteiger partial charge in [-0.15, -0.1) is 0 Å². The van der Waals surface area contributed by atoms with Gasteiger partial charge in [-0.25, -0.2) is 0 Å². The van der Waals surface area contributed by atoms with E-state index in [1.54, 1.807) is 18.2 Å². The summed E-state index contributed by atoms with van der Waals surface area (Å²) in [5, 5.41) is 2.73. The van der Waals surface area contributed by atoms with Gasteiger partial charge in [0, 0.05) is 0 Å². The van der Waals surface area contributed by atoms with E-state index in [4.69, 9.17) is 0 Å². The van der Waals surface area contributed by atoms with Crippen LogP contribution in [0, 0.1) is 0 Å². The Kier molecular flexibility index (Phi) is 3.74. The Labute approximate surface area is 108 Å². The molecule has 1 heterocycles. The summed E-state index contributed by atoms with van der Waals surface area (Å²) in [6, 6.07) is 4.78. The first-order chi connectivity index (χ1) is 8.95. The quantitative estimate of drug-likeness (QED) is 0.876. The van der Waals surface area contributed by atoms with Crippen LogP contribution in [0.25, 0.3) is 6.08 Å². The van der Waals surface area contributed by atoms with Gasteiger partial charge in [0.2, 0.25) is 5.91 Å². The van der Waals surface area contributed by atoms with E-state index in [-0.39, 0.29) is 11.9 Å². The number of carbonyl (C=O) groups excluding carboxylic acids is 1. The van der Waals surface area contributed by atoms with Gasteiger partial charge in [0.1, 0.15) is 0 Å². The van der Waals surface area contributed by atoms with Crippen molar-refractivity contribution >= 4 is 12.0 Å². The van der Waals surface area contributed by atoms with E-state index in [2.05, 4.69) is 5.32 Å². The Hall–Kier alpha value is -2.04. The highest BCUT2D eigenvalue weighted by Crippen LogP contribution is 2.29. The molecule has 1 atom stereocenters. The molecular weight excluding hydrogens is 255 g/mol. The van der Waals surface area contributed by atoms with Gasteiger partial charge < -0.3 is 5.32 Å². The minimum absolute atomic E-state index is 0.111. The fourth-order valence-corrected chi connectivity index (χ4v) is 1.75. The van der Waals surface area contributed by atoms with Gasteiger partial charge in [-0.2, -0.15) is 13.2 Å². The number of benzene rings is 1. The molecule has 0 spiro atoms. The number of halogens is 3. The smallest absolute Gasteiger partial charge is 0.346 e. The molecule has 1 aliphatic rings. The highest BCUT2D eigenvalue weighted by molar-refractivity contribution is 5.88. The first kappa shape index (κ1) is 13.4. The highest BCUT2D eigenvalue weighted by Gasteiger charge is 2.29. The number of rotatable bonds is 2. The zero-order valence-corrected chi connectivity index (χ0v) is 9.95. The molecule has 0 saturated carbocycles. The van der Waals surface area contributed by atoms with E-state index in [0.717, 1.165) is 12.1 Å². The van der Waals surface area contributed by atoms with Crippen LogP contribution in [0.1, 0.15) is 17.5 Å². The van der Waals surface area contributed by atoms with Crippen LogP contribution >= 0.6 is 0 Å². The molecule has 0 aromatic heterocycles. The van der Waals surface area contributed by atoms with Crippen molar-refractivity contribution in [2.75, 3.05) is 0 Å². The zero-order chi connectivity index (χ0) is 13.9. The van der Waals surface area contributed by atoms with Crippen molar-refractivity contribution in [2.24, 2.45) is 0 Å².